The van der Waals surface area contributed by atoms with E-state index in [9.17, 15) is 0 Å². The van der Waals surface area contributed by atoms with Gasteiger partial charge in [-0.3, -0.25) is 0 Å². The van der Waals surface area contributed by atoms with Crippen LogP contribution in [0.1, 0.15) is 11.1 Å². The van der Waals surface area contributed by atoms with Gasteiger partial charge in [-0.1, -0.05) is 24.3 Å². The summed E-state index contributed by atoms with van der Waals surface area (Å²) in [6.07, 6.45) is 1.10. The molecular formula is C15H16N2. The summed E-state index contributed by atoms with van der Waals surface area (Å²) in [6.45, 7) is 3.09. The highest BCUT2D eigenvalue weighted by molar-refractivity contribution is 5.78. The quantitative estimate of drug-likeness (QED) is 0.753. The fourth-order valence-electron chi connectivity index (χ4n) is 2.51. The predicted molar refractivity (Wildman–Crippen MR) is 72.7 cm³/mol. The lowest BCUT2D eigenvalue weighted by Crippen LogP contribution is -2.14. The Morgan fingerprint density at radius 1 is 1.06 bits per heavy atom. The molecule has 2 nitrogen and oxygen atoms in total. The Labute approximate surface area is 102 Å². The standard InChI is InChI=1S/C15H16N2/c1-11-6-7-15(13(16)10-11)17-9-8-12-4-2-3-5-14(12)17/h2-7,10H,8-9,16H2,1H3. The molecule has 2 N–H and O–H groups in total. The first-order valence-corrected chi connectivity index (χ1v) is 5.97. The van der Waals surface area contributed by atoms with Gasteiger partial charge >= 0.3 is 0 Å². The van der Waals surface area contributed by atoms with Crippen LogP contribution in [-0.2, 0) is 6.42 Å². The molecule has 0 saturated carbocycles. The summed E-state index contributed by atoms with van der Waals surface area (Å²) in [6, 6.07) is 14.8. The van der Waals surface area contributed by atoms with Gasteiger partial charge in [0.25, 0.3) is 0 Å². The van der Waals surface area contributed by atoms with Crippen LogP contribution < -0.4 is 10.6 Å². The molecule has 0 unspecified atom stereocenters. The van der Waals surface area contributed by atoms with Gasteiger partial charge < -0.3 is 10.6 Å². The van der Waals surface area contributed by atoms with Crippen LogP contribution >= 0.6 is 0 Å². The van der Waals surface area contributed by atoms with E-state index in [0.717, 1.165) is 24.3 Å². The Bertz CT molecular complexity index is 561. The van der Waals surface area contributed by atoms with Gasteiger partial charge in [0, 0.05) is 12.2 Å². The number of rotatable bonds is 1. The molecule has 1 aliphatic rings. The third kappa shape index (κ3) is 1.66. The first-order chi connectivity index (χ1) is 8.25. The van der Waals surface area contributed by atoms with Crippen LogP contribution in [0.4, 0.5) is 17.1 Å². The van der Waals surface area contributed by atoms with Gasteiger partial charge in [0.05, 0.1) is 11.4 Å². The second kappa shape index (κ2) is 3.81. The molecule has 0 aromatic heterocycles. The number of nitrogens with two attached hydrogens (primary N) is 1. The van der Waals surface area contributed by atoms with E-state index < -0.39 is 0 Å². The van der Waals surface area contributed by atoms with Crippen molar-refractivity contribution in [1.29, 1.82) is 0 Å². The maximum atomic E-state index is 6.12. The Morgan fingerprint density at radius 2 is 1.88 bits per heavy atom. The average molecular weight is 224 g/mol. The van der Waals surface area contributed by atoms with E-state index in [2.05, 4.69) is 48.2 Å². The molecule has 0 bridgehead atoms. The smallest absolute Gasteiger partial charge is 0.0644 e. The number of nitrogen functional groups attached to an aromatic ring is 1. The number of aryl methyl sites for hydroxylation is 1. The molecule has 0 radical (unpaired) electrons. The molecule has 0 atom stereocenters. The second-order valence-electron chi connectivity index (χ2n) is 4.59. The van der Waals surface area contributed by atoms with Crippen molar-refractivity contribution in [3.05, 3.63) is 53.6 Å². The van der Waals surface area contributed by atoms with Crippen LogP contribution in [0.3, 0.4) is 0 Å². The Balaban J connectivity index is 2.07. The van der Waals surface area contributed by atoms with Crippen molar-refractivity contribution in [2.24, 2.45) is 0 Å². The van der Waals surface area contributed by atoms with Gasteiger partial charge in [0.1, 0.15) is 0 Å². The number of fused-ring (bicyclic) bond motifs is 1. The number of para-hydroxylation sites is 1. The normalized spacial score (nSPS) is 13.8. The fraction of sp³-hybridized carbons (Fsp3) is 0.200. The van der Waals surface area contributed by atoms with E-state index in [-0.39, 0.29) is 0 Å². The van der Waals surface area contributed by atoms with Crippen molar-refractivity contribution in [1.82, 2.24) is 0 Å². The van der Waals surface area contributed by atoms with E-state index in [0.29, 0.717) is 0 Å². The zero-order valence-electron chi connectivity index (χ0n) is 9.98. The molecule has 3 rings (SSSR count). The molecular weight excluding hydrogens is 208 g/mol. The third-order valence-electron chi connectivity index (χ3n) is 3.36. The number of anilines is 3. The average Bonchev–Trinajstić information content (AvgIpc) is 2.73. The molecule has 2 aromatic carbocycles. The summed E-state index contributed by atoms with van der Waals surface area (Å²) in [5.41, 5.74) is 12.0. The molecule has 0 spiro atoms. The van der Waals surface area contributed by atoms with E-state index in [1.165, 1.54) is 16.8 Å². The Kier molecular flexibility index (Phi) is 2.29. The summed E-state index contributed by atoms with van der Waals surface area (Å²) >= 11 is 0. The minimum absolute atomic E-state index is 0.863. The van der Waals surface area contributed by atoms with E-state index >= 15 is 0 Å². The minimum atomic E-state index is 0.863. The monoisotopic (exact) mass is 224 g/mol. The van der Waals surface area contributed by atoms with Crippen molar-refractivity contribution in [3.8, 4) is 0 Å². The van der Waals surface area contributed by atoms with E-state index in [1.54, 1.807) is 0 Å². The summed E-state index contributed by atoms with van der Waals surface area (Å²) in [5.74, 6) is 0. The predicted octanol–water partition coefficient (Wildman–Crippen LogP) is 3.27. The summed E-state index contributed by atoms with van der Waals surface area (Å²) in [7, 11) is 0. The van der Waals surface area contributed by atoms with Crippen LogP contribution in [0.25, 0.3) is 0 Å². The van der Waals surface area contributed by atoms with Crippen LogP contribution in [0, 0.1) is 6.92 Å². The van der Waals surface area contributed by atoms with Crippen LogP contribution in [0.15, 0.2) is 42.5 Å². The van der Waals surface area contributed by atoms with Gasteiger partial charge in [-0.15, -0.1) is 0 Å². The highest BCUT2D eigenvalue weighted by atomic mass is 15.2. The van der Waals surface area contributed by atoms with Crippen molar-refractivity contribution in [2.45, 2.75) is 13.3 Å². The van der Waals surface area contributed by atoms with Gasteiger partial charge in [-0.25, -0.2) is 0 Å². The van der Waals surface area contributed by atoms with E-state index in [1.807, 2.05) is 6.07 Å². The molecule has 17 heavy (non-hydrogen) atoms. The van der Waals surface area contributed by atoms with Crippen LogP contribution in [-0.4, -0.2) is 6.54 Å². The molecule has 2 aromatic rings. The zero-order valence-corrected chi connectivity index (χ0v) is 9.98. The lowest BCUT2D eigenvalue weighted by molar-refractivity contribution is 0.999. The molecule has 2 heteroatoms. The minimum Gasteiger partial charge on any atom is -0.397 e. The maximum absolute atomic E-state index is 6.12. The summed E-state index contributed by atoms with van der Waals surface area (Å²) < 4.78 is 0. The molecule has 1 aliphatic heterocycles. The van der Waals surface area contributed by atoms with Gasteiger partial charge in [0.2, 0.25) is 0 Å². The van der Waals surface area contributed by atoms with Crippen molar-refractivity contribution in [3.63, 3.8) is 0 Å². The fourth-order valence-corrected chi connectivity index (χ4v) is 2.51. The zero-order chi connectivity index (χ0) is 11.8. The van der Waals surface area contributed by atoms with Crippen molar-refractivity contribution < 1.29 is 0 Å². The highest BCUT2D eigenvalue weighted by Gasteiger charge is 2.20. The van der Waals surface area contributed by atoms with Gasteiger partial charge in [-0.05, 0) is 42.7 Å². The molecule has 1 heterocycles. The number of nitrogens with zero attached hydrogens (tertiary/aromatic N) is 1. The van der Waals surface area contributed by atoms with Gasteiger partial charge in [0.15, 0.2) is 0 Å². The molecule has 0 aliphatic carbocycles. The Hall–Kier alpha value is -1.96. The lowest BCUT2D eigenvalue weighted by Gasteiger charge is -2.21. The molecule has 0 fully saturated rings. The summed E-state index contributed by atoms with van der Waals surface area (Å²) in [5, 5.41) is 0. The SMILES string of the molecule is Cc1ccc(N2CCc3ccccc32)c(N)c1. The molecule has 0 amide bonds. The third-order valence-corrected chi connectivity index (χ3v) is 3.36. The number of benzene rings is 2. The number of hydrogen-bond acceptors (Lipinski definition) is 2. The van der Waals surface area contributed by atoms with Gasteiger partial charge in [-0.2, -0.15) is 0 Å². The topological polar surface area (TPSA) is 29.3 Å². The summed E-state index contributed by atoms with van der Waals surface area (Å²) in [4.78, 5) is 2.31. The van der Waals surface area contributed by atoms with Crippen LogP contribution in [0.2, 0.25) is 0 Å². The second-order valence-corrected chi connectivity index (χ2v) is 4.59. The first-order valence-electron chi connectivity index (χ1n) is 5.97. The van der Waals surface area contributed by atoms with Crippen molar-refractivity contribution in [2.75, 3.05) is 17.2 Å². The van der Waals surface area contributed by atoms with E-state index in [4.69, 9.17) is 5.73 Å². The largest absolute Gasteiger partial charge is 0.397 e. The maximum Gasteiger partial charge on any atom is 0.0644 e. The van der Waals surface area contributed by atoms with Crippen molar-refractivity contribution >= 4 is 17.1 Å². The molecule has 0 saturated heterocycles. The Morgan fingerprint density at radius 3 is 2.71 bits per heavy atom. The molecule has 86 valence electrons. The highest BCUT2D eigenvalue weighted by Crippen LogP contribution is 2.37. The number of hydrogen-bond donors (Lipinski definition) is 1. The van der Waals surface area contributed by atoms with Crippen LogP contribution in [0.5, 0.6) is 0 Å². The lowest BCUT2D eigenvalue weighted by atomic mass is 10.1. The first kappa shape index (κ1) is 10.2.